The van der Waals surface area contributed by atoms with Crippen LogP contribution in [0.15, 0.2) is 18.2 Å². The van der Waals surface area contributed by atoms with Crippen LogP contribution in [0.25, 0.3) is 0 Å². The molecule has 0 radical (unpaired) electrons. The Balaban J connectivity index is 2.03. The zero-order valence-corrected chi connectivity index (χ0v) is 9.92. The number of hydrogen-bond acceptors (Lipinski definition) is 2. The Hall–Kier alpha value is -1.58. The monoisotopic (exact) mass is 236 g/mol. The number of carbonyl (C=O) groups excluding carboxylic acids is 1. The fourth-order valence-corrected chi connectivity index (χ4v) is 2.02. The fourth-order valence-electron chi connectivity index (χ4n) is 2.02. The predicted molar refractivity (Wildman–Crippen MR) is 65.4 cm³/mol. The molecule has 0 spiro atoms. The number of rotatable bonds is 2. The van der Waals surface area contributed by atoms with Crippen molar-refractivity contribution in [1.29, 1.82) is 0 Å². The number of anilines is 1. The molecule has 1 amide bonds. The lowest BCUT2D eigenvalue weighted by Crippen LogP contribution is -2.26. The van der Waals surface area contributed by atoms with Gasteiger partial charge in [-0.15, -0.1) is 0 Å². The van der Waals surface area contributed by atoms with E-state index in [4.69, 9.17) is 0 Å². The van der Waals surface area contributed by atoms with Gasteiger partial charge < -0.3 is 10.6 Å². The largest absolute Gasteiger partial charge is 0.382 e. The molecule has 1 aliphatic rings. The number of amides is 1. The highest BCUT2D eigenvalue weighted by Crippen LogP contribution is 2.17. The van der Waals surface area contributed by atoms with Gasteiger partial charge in [-0.2, -0.15) is 0 Å². The summed E-state index contributed by atoms with van der Waals surface area (Å²) in [6.45, 7) is 2.47. The van der Waals surface area contributed by atoms with Crippen molar-refractivity contribution in [2.24, 2.45) is 0 Å². The molecule has 1 unspecified atom stereocenters. The first kappa shape index (κ1) is 11.9. The van der Waals surface area contributed by atoms with Crippen molar-refractivity contribution in [1.82, 2.24) is 5.32 Å². The van der Waals surface area contributed by atoms with Crippen molar-refractivity contribution < 1.29 is 9.18 Å². The smallest absolute Gasteiger partial charge is 0.222 e. The summed E-state index contributed by atoms with van der Waals surface area (Å²) in [6.07, 6.45) is 2.33. The Labute approximate surface area is 100 Å². The second-order valence-electron chi connectivity index (χ2n) is 4.50. The Morgan fingerprint density at radius 2 is 2.29 bits per heavy atom. The summed E-state index contributed by atoms with van der Waals surface area (Å²) < 4.78 is 13.4. The first-order valence-electron chi connectivity index (χ1n) is 5.94. The third-order valence-electron chi connectivity index (χ3n) is 3.03. The van der Waals surface area contributed by atoms with Gasteiger partial charge in [0.2, 0.25) is 5.91 Å². The molecule has 1 fully saturated rings. The molecule has 1 aliphatic heterocycles. The van der Waals surface area contributed by atoms with Crippen LogP contribution in [-0.4, -0.2) is 18.5 Å². The van der Waals surface area contributed by atoms with Crippen molar-refractivity contribution in [3.05, 3.63) is 29.6 Å². The van der Waals surface area contributed by atoms with Crippen LogP contribution < -0.4 is 10.6 Å². The van der Waals surface area contributed by atoms with Crippen LogP contribution >= 0.6 is 0 Å². The molecule has 2 N–H and O–H groups in total. The molecule has 0 aromatic heterocycles. The SMILES string of the molecule is Cc1ccc(NC2CCCNC(=O)C2)cc1F. The minimum Gasteiger partial charge on any atom is -0.382 e. The zero-order valence-electron chi connectivity index (χ0n) is 9.92. The number of halogens is 1. The Morgan fingerprint density at radius 1 is 1.47 bits per heavy atom. The molecule has 1 aromatic carbocycles. The molecule has 1 aromatic rings. The average Bonchev–Trinajstić information content (AvgIpc) is 2.48. The molecule has 17 heavy (non-hydrogen) atoms. The first-order chi connectivity index (χ1) is 8.15. The van der Waals surface area contributed by atoms with Crippen LogP contribution in [-0.2, 0) is 4.79 Å². The lowest BCUT2D eigenvalue weighted by atomic mass is 10.1. The van der Waals surface area contributed by atoms with Gasteiger partial charge in [0, 0.05) is 24.7 Å². The van der Waals surface area contributed by atoms with E-state index in [1.807, 2.05) is 6.07 Å². The van der Waals surface area contributed by atoms with Crippen molar-refractivity contribution >= 4 is 11.6 Å². The third-order valence-corrected chi connectivity index (χ3v) is 3.03. The van der Waals surface area contributed by atoms with Crippen LogP contribution in [0.4, 0.5) is 10.1 Å². The van der Waals surface area contributed by atoms with Gasteiger partial charge in [-0.25, -0.2) is 4.39 Å². The van der Waals surface area contributed by atoms with Crippen LogP contribution in [0, 0.1) is 12.7 Å². The molecule has 2 rings (SSSR count). The number of nitrogens with one attached hydrogen (secondary N) is 2. The summed E-state index contributed by atoms with van der Waals surface area (Å²) in [7, 11) is 0. The van der Waals surface area contributed by atoms with Crippen molar-refractivity contribution in [3.8, 4) is 0 Å². The normalized spacial score (nSPS) is 20.6. The van der Waals surface area contributed by atoms with Crippen molar-refractivity contribution in [3.63, 3.8) is 0 Å². The lowest BCUT2D eigenvalue weighted by Gasteiger charge is -2.16. The van der Waals surface area contributed by atoms with E-state index in [2.05, 4.69) is 10.6 Å². The number of carbonyl (C=O) groups is 1. The Bertz CT molecular complexity index is 420. The quantitative estimate of drug-likeness (QED) is 0.826. The molecule has 0 bridgehead atoms. The summed E-state index contributed by atoms with van der Waals surface area (Å²) in [4.78, 5) is 11.4. The van der Waals surface area contributed by atoms with Gasteiger partial charge in [-0.3, -0.25) is 4.79 Å². The minimum atomic E-state index is -0.215. The second-order valence-corrected chi connectivity index (χ2v) is 4.50. The Kier molecular flexibility index (Phi) is 3.61. The van der Waals surface area contributed by atoms with Gasteiger partial charge >= 0.3 is 0 Å². The molecule has 4 heteroatoms. The van der Waals surface area contributed by atoms with Gasteiger partial charge in [0.25, 0.3) is 0 Å². The lowest BCUT2D eigenvalue weighted by molar-refractivity contribution is -0.120. The fraction of sp³-hybridized carbons (Fsp3) is 0.462. The van der Waals surface area contributed by atoms with E-state index in [0.29, 0.717) is 12.0 Å². The molecule has 1 atom stereocenters. The van der Waals surface area contributed by atoms with Crippen molar-refractivity contribution in [2.45, 2.75) is 32.2 Å². The van der Waals surface area contributed by atoms with E-state index in [0.717, 1.165) is 25.1 Å². The summed E-state index contributed by atoms with van der Waals surface area (Å²) in [6, 6.07) is 5.17. The molecule has 1 saturated heterocycles. The summed E-state index contributed by atoms with van der Waals surface area (Å²) in [5.41, 5.74) is 1.38. The molecule has 0 aliphatic carbocycles. The maximum Gasteiger partial charge on any atom is 0.222 e. The highest BCUT2D eigenvalue weighted by atomic mass is 19.1. The molecule has 0 saturated carbocycles. The topological polar surface area (TPSA) is 41.1 Å². The van der Waals surface area contributed by atoms with Gasteiger partial charge in [0.05, 0.1) is 0 Å². The molecule has 3 nitrogen and oxygen atoms in total. The predicted octanol–water partition coefficient (Wildman–Crippen LogP) is 2.21. The van der Waals surface area contributed by atoms with E-state index in [1.54, 1.807) is 13.0 Å². The Morgan fingerprint density at radius 3 is 3.06 bits per heavy atom. The maximum absolute atomic E-state index is 13.4. The number of hydrogen-bond donors (Lipinski definition) is 2. The van der Waals surface area contributed by atoms with Crippen molar-refractivity contribution in [2.75, 3.05) is 11.9 Å². The number of benzene rings is 1. The van der Waals surface area contributed by atoms with Crippen LogP contribution in [0.1, 0.15) is 24.8 Å². The van der Waals surface area contributed by atoms with Gasteiger partial charge in [0.1, 0.15) is 5.82 Å². The summed E-state index contributed by atoms with van der Waals surface area (Å²) in [5.74, 6) is -0.152. The summed E-state index contributed by atoms with van der Waals surface area (Å²) in [5, 5.41) is 6.05. The van der Waals surface area contributed by atoms with Gasteiger partial charge in [-0.05, 0) is 37.5 Å². The van der Waals surface area contributed by atoms with Gasteiger partial charge in [-0.1, -0.05) is 6.07 Å². The number of aryl methyl sites for hydroxylation is 1. The van der Waals surface area contributed by atoms with Crippen LogP contribution in [0.3, 0.4) is 0 Å². The van der Waals surface area contributed by atoms with Crippen LogP contribution in [0.2, 0.25) is 0 Å². The van der Waals surface area contributed by atoms with E-state index in [1.165, 1.54) is 6.07 Å². The van der Waals surface area contributed by atoms with E-state index >= 15 is 0 Å². The molecule has 92 valence electrons. The van der Waals surface area contributed by atoms with Gasteiger partial charge in [0.15, 0.2) is 0 Å². The zero-order chi connectivity index (χ0) is 12.3. The standard InChI is InChI=1S/C13H17FN2O/c1-9-4-5-11(7-12(9)14)16-10-3-2-6-15-13(17)8-10/h4-5,7,10,16H,2-3,6,8H2,1H3,(H,15,17). The first-order valence-corrected chi connectivity index (χ1v) is 5.94. The van der Waals surface area contributed by atoms with E-state index < -0.39 is 0 Å². The van der Waals surface area contributed by atoms with E-state index in [9.17, 15) is 9.18 Å². The highest BCUT2D eigenvalue weighted by Gasteiger charge is 2.17. The molecular formula is C13H17FN2O. The third kappa shape index (κ3) is 3.19. The molecule has 1 heterocycles. The molecular weight excluding hydrogens is 219 g/mol. The summed E-state index contributed by atoms with van der Waals surface area (Å²) >= 11 is 0. The van der Waals surface area contributed by atoms with E-state index in [-0.39, 0.29) is 17.8 Å². The average molecular weight is 236 g/mol. The highest BCUT2D eigenvalue weighted by molar-refractivity contribution is 5.77. The van der Waals surface area contributed by atoms with Crippen LogP contribution in [0.5, 0.6) is 0 Å². The second kappa shape index (κ2) is 5.17. The maximum atomic E-state index is 13.4. The minimum absolute atomic E-state index is 0.0626.